The van der Waals surface area contributed by atoms with E-state index in [2.05, 4.69) is 5.32 Å². The van der Waals surface area contributed by atoms with Crippen molar-refractivity contribution in [3.8, 4) is 0 Å². The van der Waals surface area contributed by atoms with Gasteiger partial charge in [0, 0.05) is 32.1 Å². The van der Waals surface area contributed by atoms with Gasteiger partial charge in [-0.15, -0.1) is 12.4 Å². The van der Waals surface area contributed by atoms with Crippen molar-refractivity contribution in [2.75, 3.05) is 19.6 Å². The van der Waals surface area contributed by atoms with Crippen molar-refractivity contribution in [3.63, 3.8) is 0 Å². The Morgan fingerprint density at radius 3 is 2.82 bits per heavy atom. The van der Waals surface area contributed by atoms with Crippen LogP contribution < -0.4 is 11.1 Å². The molecule has 2 fully saturated rings. The zero-order valence-electron chi connectivity index (χ0n) is 9.85. The minimum absolute atomic E-state index is 0. The molecular formula is C11H20ClN3O2. The highest BCUT2D eigenvalue weighted by atomic mass is 35.5. The van der Waals surface area contributed by atoms with E-state index >= 15 is 0 Å². The van der Waals surface area contributed by atoms with Gasteiger partial charge < -0.3 is 16.0 Å². The predicted octanol–water partition coefficient (Wildman–Crippen LogP) is -0.116. The molecule has 17 heavy (non-hydrogen) atoms. The quantitative estimate of drug-likeness (QED) is 0.728. The third kappa shape index (κ3) is 3.10. The van der Waals surface area contributed by atoms with Crippen LogP contribution in [0.5, 0.6) is 0 Å². The van der Waals surface area contributed by atoms with E-state index in [-0.39, 0.29) is 36.2 Å². The summed E-state index contributed by atoms with van der Waals surface area (Å²) >= 11 is 0. The Morgan fingerprint density at radius 2 is 2.24 bits per heavy atom. The van der Waals surface area contributed by atoms with Crippen LogP contribution in [0.25, 0.3) is 0 Å². The zero-order chi connectivity index (χ0) is 11.5. The van der Waals surface area contributed by atoms with Crippen LogP contribution in [0.3, 0.4) is 0 Å². The molecule has 2 unspecified atom stereocenters. The average molecular weight is 262 g/mol. The summed E-state index contributed by atoms with van der Waals surface area (Å²) in [6, 6.07) is 0.178. The lowest BCUT2D eigenvalue weighted by molar-refractivity contribution is -0.139. The highest BCUT2D eigenvalue weighted by Gasteiger charge is 2.34. The minimum atomic E-state index is -0.167. The summed E-state index contributed by atoms with van der Waals surface area (Å²) in [6.45, 7) is 1.82. The van der Waals surface area contributed by atoms with Gasteiger partial charge in [0.15, 0.2) is 0 Å². The Labute approximate surface area is 108 Å². The van der Waals surface area contributed by atoms with Gasteiger partial charge in [0.1, 0.15) is 0 Å². The van der Waals surface area contributed by atoms with Gasteiger partial charge in [0.2, 0.25) is 11.8 Å². The number of likely N-dealkylation sites (tertiary alicyclic amines) is 1. The summed E-state index contributed by atoms with van der Waals surface area (Å²) in [6.07, 6.45) is 3.53. The Hall–Kier alpha value is -0.810. The second-order valence-electron chi connectivity index (χ2n) is 4.62. The van der Waals surface area contributed by atoms with Crippen LogP contribution >= 0.6 is 12.4 Å². The molecular weight excluding hydrogens is 242 g/mol. The van der Waals surface area contributed by atoms with E-state index in [0.717, 1.165) is 25.8 Å². The molecule has 2 aliphatic heterocycles. The minimum Gasteiger partial charge on any atom is -0.355 e. The monoisotopic (exact) mass is 261 g/mol. The molecule has 0 aromatic heterocycles. The molecule has 3 N–H and O–H groups in total. The first-order valence-electron chi connectivity index (χ1n) is 5.99. The Bertz CT molecular complexity index is 298. The third-order valence-electron chi connectivity index (χ3n) is 3.51. The van der Waals surface area contributed by atoms with Crippen LogP contribution in [-0.4, -0.2) is 42.4 Å². The molecule has 2 amide bonds. The predicted molar refractivity (Wildman–Crippen MR) is 66.8 cm³/mol. The molecule has 0 aliphatic carbocycles. The molecule has 2 saturated heterocycles. The number of nitrogens with one attached hydrogen (secondary N) is 1. The average Bonchev–Trinajstić information content (AvgIpc) is 2.75. The van der Waals surface area contributed by atoms with E-state index in [1.54, 1.807) is 0 Å². The van der Waals surface area contributed by atoms with Gasteiger partial charge in [-0.2, -0.15) is 0 Å². The van der Waals surface area contributed by atoms with Crippen LogP contribution in [0.2, 0.25) is 0 Å². The summed E-state index contributed by atoms with van der Waals surface area (Å²) in [5, 5.41) is 2.70. The Kier molecular flexibility index (Phi) is 5.21. The Balaban J connectivity index is 0.00000144. The normalized spacial score (nSPS) is 28.5. The zero-order valence-corrected chi connectivity index (χ0v) is 10.7. The van der Waals surface area contributed by atoms with E-state index in [1.807, 2.05) is 4.90 Å². The van der Waals surface area contributed by atoms with Gasteiger partial charge in [-0.3, -0.25) is 9.59 Å². The summed E-state index contributed by atoms with van der Waals surface area (Å²) < 4.78 is 0. The fourth-order valence-electron chi connectivity index (χ4n) is 2.55. The number of halogens is 1. The van der Waals surface area contributed by atoms with Gasteiger partial charge >= 0.3 is 0 Å². The van der Waals surface area contributed by atoms with Crippen LogP contribution in [0, 0.1) is 5.92 Å². The van der Waals surface area contributed by atoms with Crippen molar-refractivity contribution in [2.24, 2.45) is 11.7 Å². The second kappa shape index (κ2) is 6.21. The lowest BCUT2D eigenvalue weighted by atomic mass is 9.98. The van der Waals surface area contributed by atoms with Crippen LogP contribution in [0.15, 0.2) is 0 Å². The molecule has 0 aromatic rings. The summed E-state index contributed by atoms with van der Waals surface area (Å²) in [5.41, 5.74) is 5.68. The van der Waals surface area contributed by atoms with Crippen molar-refractivity contribution in [1.82, 2.24) is 10.2 Å². The molecule has 98 valence electrons. The number of nitrogens with zero attached hydrogens (tertiary/aromatic N) is 1. The number of rotatable bonds is 2. The highest BCUT2D eigenvalue weighted by molar-refractivity contribution is 5.89. The van der Waals surface area contributed by atoms with E-state index in [9.17, 15) is 9.59 Å². The summed E-state index contributed by atoms with van der Waals surface area (Å²) in [7, 11) is 0. The number of nitrogens with two attached hydrogens (primary N) is 1. The smallest absolute Gasteiger partial charge is 0.228 e. The first-order valence-corrected chi connectivity index (χ1v) is 5.99. The summed E-state index contributed by atoms with van der Waals surface area (Å²) in [4.78, 5) is 25.2. The number of carbonyl (C=O) groups excluding carboxylic acids is 2. The molecule has 0 spiro atoms. The number of hydrogen-bond acceptors (Lipinski definition) is 3. The van der Waals surface area contributed by atoms with Gasteiger partial charge in [-0.1, -0.05) is 0 Å². The largest absolute Gasteiger partial charge is 0.355 e. The number of amides is 2. The fraction of sp³-hybridized carbons (Fsp3) is 0.818. The molecule has 2 atom stereocenters. The standard InChI is InChI=1S/C11H19N3O2.ClH/c12-6-9-3-1-2-4-14(9)11(16)8-5-10(15)13-7-8;/h8-9H,1-7,12H2,(H,13,15);1H. The molecule has 2 rings (SSSR count). The molecule has 0 aromatic carbocycles. The first kappa shape index (κ1) is 14.3. The van der Waals surface area contributed by atoms with Gasteiger partial charge in [-0.25, -0.2) is 0 Å². The topological polar surface area (TPSA) is 75.4 Å². The van der Waals surface area contributed by atoms with Crippen molar-refractivity contribution < 1.29 is 9.59 Å². The van der Waals surface area contributed by atoms with Crippen LogP contribution in [0.4, 0.5) is 0 Å². The van der Waals surface area contributed by atoms with E-state index in [4.69, 9.17) is 5.73 Å². The second-order valence-corrected chi connectivity index (χ2v) is 4.62. The SMILES string of the molecule is Cl.NCC1CCCCN1C(=O)C1CNC(=O)C1. The summed E-state index contributed by atoms with van der Waals surface area (Å²) in [5.74, 6) is -0.0761. The maximum atomic E-state index is 12.2. The number of piperidine rings is 1. The Morgan fingerprint density at radius 1 is 1.47 bits per heavy atom. The van der Waals surface area contributed by atoms with E-state index in [0.29, 0.717) is 19.5 Å². The maximum Gasteiger partial charge on any atom is 0.228 e. The van der Waals surface area contributed by atoms with Gasteiger partial charge in [0.05, 0.1) is 5.92 Å². The van der Waals surface area contributed by atoms with E-state index < -0.39 is 0 Å². The molecule has 2 aliphatic rings. The molecule has 0 radical (unpaired) electrons. The highest BCUT2D eigenvalue weighted by Crippen LogP contribution is 2.21. The van der Waals surface area contributed by atoms with Crippen molar-refractivity contribution in [3.05, 3.63) is 0 Å². The number of hydrogen-bond donors (Lipinski definition) is 2. The molecule has 2 heterocycles. The lowest BCUT2D eigenvalue weighted by Gasteiger charge is -2.36. The fourth-order valence-corrected chi connectivity index (χ4v) is 2.55. The van der Waals surface area contributed by atoms with Crippen LogP contribution in [-0.2, 0) is 9.59 Å². The lowest BCUT2D eigenvalue weighted by Crippen LogP contribution is -2.49. The van der Waals surface area contributed by atoms with E-state index in [1.165, 1.54) is 0 Å². The maximum absolute atomic E-state index is 12.2. The van der Waals surface area contributed by atoms with Crippen molar-refractivity contribution in [1.29, 1.82) is 0 Å². The van der Waals surface area contributed by atoms with Gasteiger partial charge in [-0.05, 0) is 19.3 Å². The third-order valence-corrected chi connectivity index (χ3v) is 3.51. The molecule has 0 bridgehead atoms. The first-order chi connectivity index (χ1) is 7.72. The molecule has 5 nitrogen and oxygen atoms in total. The molecule has 6 heteroatoms. The van der Waals surface area contributed by atoms with Crippen molar-refractivity contribution in [2.45, 2.75) is 31.7 Å². The van der Waals surface area contributed by atoms with Crippen molar-refractivity contribution >= 4 is 24.2 Å². The molecule has 0 saturated carbocycles. The van der Waals surface area contributed by atoms with Crippen LogP contribution in [0.1, 0.15) is 25.7 Å². The van der Waals surface area contributed by atoms with Gasteiger partial charge in [0.25, 0.3) is 0 Å². The number of carbonyl (C=O) groups is 2.